The van der Waals surface area contributed by atoms with Crippen LogP contribution >= 0.6 is 22.6 Å². The quantitative estimate of drug-likeness (QED) is 0.750. The van der Waals surface area contributed by atoms with Gasteiger partial charge in [0.15, 0.2) is 0 Å². The van der Waals surface area contributed by atoms with Gasteiger partial charge in [-0.1, -0.05) is 18.6 Å². The maximum absolute atomic E-state index is 12.5. The maximum Gasteiger partial charge on any atom is 0.254 e. The topological polar surface area (TPSA) is 20.3 Å². The van der Waals surface area contributed by atoms with Crippen LogP contribution in [0.4, 0.5) is 0 Å². The molecule has 1 fully saturated rings. The summed E-state index contributed by atoms with van der Waals surface area (Å²) in [4.78, 5) is 14.5. The molecule has 2 nitrogen and oxygen atoms in total. The van der Waals surface area contributed by atoms with Gasteiger partial charge >= 0.3 is 0 Å². The summed E-state index contributed by atoms with van der Waals surface area (Å²) in [5, 5.41) is 0. The Bertz CT molecular complexity index is 440. The van der Waals surface area contributed by atoms with Crippen molar-refractivity contribution in [3.63, 3.8) is 0 Å². The Labute approximate surface area is 123 Å². The van der Waals surface area contributed by atoms with E-state index in [1.807, 2.05) is 17.0 Å². The summed E-state index contributed by atoms with van der Waals surface area (Å²) in [5.41, 5.74) is 2.04. The Morgan fingerprint density at radius 1 is 1.44 bits per heavy atom. The lowest BCUT2D eigenvalue weighted by Gasteiger charge is -2.32. The van der Waals surface area contributed by atoms with E-state index in [1.165, 1.54) is 24.8 Å². The zero-order valence-electron chi connectivity index (χ0n) is 11.1. The van der Waals surface area contributed by atoms with Gasteiger partial charge in [-0.2, -0.15) is 0 Å². The van der Waals surface area contributed by atoms with Crippen LogP contribution in [0.2, 0.25) is 0 Å². The molecule has 0 unspecified atom stereocenters. The minimum atomic E-state index is 0.192. The third kappa shape index (κ3) is 2.87. The molecular formula is C15H20INO. The predicted octanol–water partition coefficient (Wildman–Crippen LogP) is 3.86. The fourth-order valence-corrected chi connectivity index (χ4v) is 2.92. The number of halogens is 1. The summed E-state index contributed by atoms with van der Waals surface area (Å²) in [7, 11) is 0. The monoisotopic (exact) mass is 357 g/mol. The summed E-state index contributed by atoms with van der Waals surface area (Å²) in [5.74, 6) is 0.925. The number of aryl methyl sites for hydroxylation is 1. The molecule has 1 aromatic carbocycles. The fourth-order valence-electron chi connectivity index (χ4n) is 2.33. The van der Waals surface area contributed by atoms with Gasteiger partial charge in [0.1, 0.15) is 0 Å². The predicted molar refractivity (Wildman–Crippen MR) is 82.8 cm³/mol. The smallest absolute Gasteiger partial charge is 0.254 e. The molecule has 1 saturated carbocycles. The van der Waals surface area contributed by atoms with Crippen LogP contribution in [0.3, 0.4) is 0 Å². The lowest BCUT2D eigenvalue weighted by atomic mass is 9.85. The first-order chi connectivity index (χ1) is 8.63. The van der Waals surface area contributed by atoms with E-state index in [2.05, 4.69) is 42.5 Å². The summed E-state index contributed by atoms with van der Waals surface area (Å²) >= 11 is 2.28. The van der Waals surface area contributed by atoms with Crippen LogP contribution in [0.1, 0.15) is 42.1 Å². The molecule has 18 heavy (non-hydrogen) atoms. The average Bonchev–Trinajstić information content (AvgIpc) is 2.31. The Balaban J connectivity index is 2.14. The van der Waals surface area contributed by atoms with E-state index in [1.54, 1.807) is 0 Å². The van der Waals surface area contributed by atoms with Crippen molar-refractivity contribution in [1.82, 2.24) is 4.90 Å². The van der Waals surface area contributed by atoms with Crippen LogP contribution in [0.15, 0.2) is 18.2 Å². The van der Waals surface area contributed by atoms with Crippen molar-refractivity contribution in [2.75, 3.05) is 13.1 Å². The normalized spacial score (nSPS) is 15.3. The van der Waals surface area contributed by atoms with Gasteiger partial charge in [-0.05, 0) is 66.8 Å². The van der Waals surface area contributed by atoms with Crippen molar-refractivity contribution in [3.05, 3.63) is 32.9 Å². The second-order valence-corrected chi connectivity index (χ2v) is 6.16. The van der Waals surface area contributed by atoms with Crippen molar-refractivity contribution in [2.24, 2.45) is 5.92 Å². The Morgan fingerprint density at radius 3 is 2.72 bits per heavy atom. The van der Waals surface area contributed by atoms with Gasteiger partial charge in [-0.25, -0.2) is 0 Å². The maximum atomic E-state index is 12.5. The lowest BCUT2D eigenvalue weighted by Crippen LogP contribution is -2.37. The minimum absolute atomic E-state index is 0.192. The average molecular weight is 357 g/mol. The van der Waals surface area contributed by atoms with E-state index in [0.29, 0.717) is 0 Å². The number of rotatable bonds is 4. The molecule has 0 aliphatic heterocycles. The largest absolute Gasteiger partial charge is 0.339 e. The van der Waals surface area contributed by atoms with E-state index in [-0.39, 0.29) is 5.91 Å². The van der Waals surface area contributed by atoms with E-state index in [4.69, 9.17) is 0 Å². The van der Waals surface area contributed by atoms with Crippen molar-refractivity contribution in [2.45, 2.75) is 33.1 Å². The molecular weight excluding hydrogens is 337 g/mol. The Hall–Kier alpha value is -0.580. The summed E-state index contributed by atoms with van der Waals surface area (Å²) in [6.07, 6.45) is 3.90. The number of hydrogen-bond acceptors (Lipinski definition) is 1. The number of carbonyl (C=O) groups is 1. The fraction of sp³-hybridized carbons (Fsp3) is 0.533. The van der Waals surface area contributed by atoms with Crippen LogP contribution in [-0.4, -0.2) is 23.9 Å². The van der Waals surface area contributed by atoms with Gasteiger partial charge < -0.3 is 4.90 Å². The molecule has 1 amide bonds. The highest BCUT2D eigenvalue weighted by Gasteiger charge is 2.24. The van der Waals surface area contributed by atoms with E-state index in [0.717, 1.165) is 28.1 Å². The molecule has 0 N–H and O–H groups in total. The van der Waals surface area contributed by atoms with Crippen LogP contribution < -0.4 is 0 Å². The number of amides is 1. The van der Waals surface area contributed by atoms with Gasteiger partial charge in [-0.3, -0.25) is 4.79 Å². The highest BCUT2D eigenvalue weighted by molar-refractivity contribution is 14.1. The van der Waals surface area contributed by atoms with Crippen LogP contribution in [0.5, 0.6) is 0 Å². The molecule has 0 saturated heterocycles. The molecule has 1 aliphatic rings. The van der Waals surface area contributed by atoms with Gasteiger partial charge in [-0.15, -0.1) is 0 Å². The van der Waals surface area contributed by atoms with Gasteiger partial charge in [0.05, 0.1) is 5.56 Å². The third-order valence-electron chi connectivity index (χ3n) is 3.79. The second kappa shape index (κ2) is 6.04. The summed E-state index contributed by atoms with van der Waals surface area (Å²) < 4.78 is 1.09. The summed E-state index contributed by atoms with van der Waals surface area (Å²) in [6, 6.07) is 5.98. The van der Waals surface area contributed by atoms with E-state index >= 15 is 0 Å². The molecule has 0 heterocycles. The first kappa shape index (κ1) is 13.8. The molecule has 1 aromatic rings. The Morgan fingerprint density at radius 2 is 2.17 bits per heavy atom. The molecule has 0 bridgehead atoms. The first-order valence-corrected chi connectivity index (χ1v) is 7.75. The zero-order chi connectivity index (χ0) is 13.1. The summed E-state index contributed by atoms with van der Waals surface area (Å²) in [6.45, 7) is 5.86. The second-order valence-electron chi connectivity index (χ2n) is 5.08. The molecule has 98 valence electrons. The van der Waals surface area contributed by atoms with Crippen LogP contribution in [0.25, 0.3) is 0 Å². The highest BCUT2D eigenvalue weighted by atomic mass is 127. The standard InChI is InChI=1S/C15H20INO/c1-3-17(10-12-7-5-8-12)15(18)13-9-4-6-11(2)14(13)16/h4,6,9,12H,3,5,7-8,10H2,1-2H3. The SMILES string of the molecule is CCN(CC1CCC1)C(=O)c1cccc(C)c1I. The van der Waals surface area contributed by atoms with E-state index in [9.17, 15) is 4.79 Å². The number of hydrogen-bond donors (Lipinski definition) is 0. The Kier molecular flexibility index (Phi) is 4.65. The zero-order valence-corrected chi connectivity index (χ0v) is 13.2. The van der Waals surface area contributed by atoms with Crippen molar-refractivity contribution in [3.8, 4) is 0 Å². The molecule has 1 aliphatic carbocycles. The van der Waals surface area contributed by atoms with Crippen LogP contribution in [-0.2, 0) is 0 Å². The molecule has 0 atom stereocenters. The molecule has 0 radical (unpaired) electrons. The van der Waals surface area contributed by atoms with Crippen molar-refractivity contribution < 1.29 is 4.79 Å². The van der Waals surface area contributed by atoms with Crippen molar-refractivity contribution >= 4 is 28.5 Å². The van der Waals surface area contributed by atoms with E-state index < -0.39 is 0 Å². The van der Waals surface area contributed by atoms with Gasteiger partial charge in [0.25, 0.3) is 5.91 Å². The van der Waals surface area contributed by atoms with Gasteiger partial charge in [0, 0.05) is 16.7 Å². The molecule has 3 heteroatoms. The first-order valence-electron chi connectivity index (χ1n) is 6.68. The lowest BCUT2D eigenvalue weighted by molar-refractivity contribution is 0.0705. The number of carbonyl (C=O) groups excluding carboxylic acids is 1. The van der Waals surface area contributed by atoms with Gasteiger partial charge in [0.2, 0.25) is 0 Å². The highest BCUT2D eigenvalue weighted by Crippen LogP contribution is 2.28. The third-order valence-corrected chi connectivity index (χ3v) is 5.23. The number of nitrogens with zero attached hydrogens (tertiary/aromatic N) is 1. The van der Waals surface area contributed by atoms with Crippen LogP contribution in [0, 0.1) is 16.4 Å². The number of benzene rings is 1. The molecule has 2 rings (SSSR count). The van der Waals surface area contributed by atoms with Crippen molar-refractivity contribution in [1.29, 1.82) is 0 Å². The minimum Gasteiger partial charge on any atom is -0.339 e. The molecule has 0 spiro atoms. The molecule has 0 aromatic heterocycles.